The molecule has 0 saturated heterocycles. The first-order valence-corrected chi connectivity index (χ1v) is 9.65. The number of rotatable bonds is 6. The topological polar surface area (TPSA) is 58.0 Å². The van der Waals surface area contributed by atoms with Crippen molar-refractivity contribution in [3.63, 3.8) is 0 Å². The van der Waals surface area contributed by atoms with E-state index in [-0.39, 0.29) is 12.6 Å². The Balaban J connectivity index is 2.09. The summed E-state index contributed by atoms with van der Waals surface area (Å²) in [4.78, 5) is 10.2. The number of aliphatic hydroxyl groups excluding tert-OH is 1. The van der Waals surface area contributed by atoms with Gasteiger partial charge < -0.3 is 10.4 Å². The first kappa shape index (κ1) is 17.8. The number of hydrogen-bond acceptors (Lipinski definition) is 5. The fourth-order valence-electron chi connectivity index (χ4n) is 2.88. The normalized spacial score (nSPS) is 12.7. The van der Waals surface area contributed by atoms with Crippen LogP contribution in [-0.2, 0) is 0 Å². The smallest absolute Gasteiger partial charge is 0.139 e. The van der Waals surface area contributed by atoms with E-state index in [0.29, 0.717) is 5.92 Å². The molecule has 0 aliphatic heterocycles. The zero-order valence-corrected chi connectivity index (χ0v) is 16.0. The Kier molecular flexibility index (Phi) is 5.35. The van der Waals surface area contributed by atoms with E-state index in [9.17, 15) is 5.11 Å². The Hall–Kier alpha value is -1.98. The van der Waals surface area contributed by atoms with Gasteiger partial charge in [0, 0.05) is 10.9 Å². The monoisotopic (exact) mass is 355 g/mol. The molecule has 3 rings (SSSR count). The summed E-state index contributed by atoms with van der Waals surface area (Å²) in [5.74, 6) is 2.07. The predicted octanol–water partition coefficient (Wildman–Crippen LogP) is 4.97. The number of anilines is 1. The molecule has 2 aromatic heterocycles. The quantitative estimate of drug-likeness (QED) is 0.655. The molecule has 0 bridgehead atoms. The number of aliphatic hydroxyl groups is 1. The van der Waals surface area contributed by atoms with Crippen molar-refractivity contribution in [3.05, 3.63) is 41.0 Å². The van der Waals surface area contributed by atoms with E-state index in [1.165, 1.54) is 11.1 Å². The van der Waals surface area contributed by atoms with Gasteiger partial charge in [0.05, 0.1) is 18.0 Å². The van der Waals surface area contributed by atoms with Crippen molar-refractivity contribution < 1.29 is 5.11 Å². The minimum Gasteiger partial charge on any atom is -0.394 e. The summed E-state index contributed by atoms with van der Waals surface area (Å²) >= 11 is 1.64. The molecule has 0 fully saturated rings. The first-order valence-electron chi connectivity index (χ1n) is 8.77. The number of aryl methyl sites for hydroxylation is 1. The summed E-state index contributed by atoms with van der Waals surface area (Å²) < 4.78 is 0. The van der Waals surface area contributed by atoms with Crippen molar-refractivity contribution in [2.75, 3.05) is 11.9 Å². The van der Waals surface area contributed by atoms with E-state index in [4.69, 9.17) is 0 Å². The number of hydrogen-bond donors (Lipinski definition) is 2. The molecule has 1 unspecified atom stereocenters. The van der Waals surface area contributed by atoms with Crippen molar-refractivity contribution in [1.82, 2.24) is 9.97 Å². The third kappa shape index (κ3) is 3.67. The second-order valence-corrected chi connectivity index (χ2v) is 7.52. The molecule has 0 amide bonds. The van der Waals surface area contributed by atoms with Crippen LogP contribution in [0.3, 0.4) is 0 Å². The Morgan fingerprint density at radius 1 is 1.16 bits per heavy atom. The maximum absolute atomic E-state index is 9.54. The van der Waals surface area contributed by atoms with Crippen LogP contribution in [0.25, 0.3) is 21.3 Å². The Morgan fingerprint density at radius 3 is 2.48 bits per heavy atom. The van der Waals surface area contributed by atoms with Gasteiger partial charge in [-0.25, -0.2) is 9.97 Å². The van der Waals surface area contributed by atoms with Gasteiger partial charge in [0.25, 0.3) is 0 Å². The van der Waals surface area contributed by atoms with Gasteiger partial charge in [-0.05, 0) is 30.4 Å². The molecule has 3 aromatic rings. The van der Waals surface area contributed by atoms with Crippen LogP contribution in [0.5, 0.6) is 0 Å². The molecule has 4 nitrogen and oxygen atoms in total. The lowest BCUT2D eigenvalue weighted by atomic mass is 9.99. The number of aromatic nitrogens is 2. The molecule has 2 heterocycles. The standard InChI is InChI=1S/C20H25N3OS/c1-5-16(10-24)23-19-18-17(11-25-20(18)22-13(4)21-19)15-8-6-14(7-9-15)12(2)3/h6-9,11-12,16,24H,5,10H2,1-4H3,(H,21,22,23). The molecule has 0 aliphatic carbocycles. The van der Waals surface area contributed by atoms with Crippen LogP contribution in [0.1, 0.15) is 44.5 Å². The van der Waals surface area contributed by atoms with Crippen molar-refractivity contribution >= 4 is 27.4 Å². The molecule has 1 atom stereocenters. The van der Waals surface area contributed by atoms with Gasteiger partial charge >= 0.3 is 0 Å². The molecule has 25 heavy (non-hydrogen) atoms. The van der Waals surface area contributed by atoms with Crippen molar-refractivity contribution in [3.8, 4) is 11.1 Å². The van der Waals surface area contributed by atoms with Crippen molar-refractivity contribution in [2.24, 2.45) is 0 Å². The van der Waals surface area contributed by atoms with Crippen LogP contribution in [-0.4, -0.2) is 27.7 Å². The van der Waals surface area contributed by atoms with Gasteiger partial charge in [-0.2, -0.15) is 0 Å². The second-order valence-electron chi connectivity index (χ2n) is 6.66. The average molecular weight is 356 g/mol. The van der Waals surface area contributed by atoms with Gasteiger partial charge in [0.1, 0.15) is 16.5 Å². The highest BCUT2D eigenvalue weighted by atomic mass is 32.1. The number of thiophene rings is 1. The number of fused-ring (bicyclic) bond motifs is 1. The minimum absolute atomic E-state index is 0.00596. The Labute approximate surface area is 153 Å². The highest BCUT2D eigenvalue weighted by molar-refractivity contribution is 7.17. The Bertz CT molecular complexity index is 851. The second kappa shape index (κ2) is 7.50. The van der Waals surface area contributed by atoms with Gasteiger partial charge in [0.2, 0.25) is 0 Å². The van der Waals surface area contributed by atoms with E-state index in [1.54, 1.807) is 11.3 Å². The van der Waals surface area contributed by atoms with Crippen LogP contribution in [0, 0.1) is 6.92 Å². The lowest BCUT2D eigenvalue weighted by molar-refractivity contribution is 0.271. The molecular weight excluding hydrogens is 330 g/mol. The van der Waals surface area contributed by atoms with Gasteiger partial charge in [0.15, 0.2) is 0 Å². The average Bonchev–Trinajstić information content (AvgIpc) is 3.03. The van der Waals surface area contributed by atoms with Crippen LogP contribution in [0.4, 0.5) is 5.82 Å². The third-order valence-electron chi connectivity index (χ3n) is 4.49. The van der Waals surface area contributed by atoms with Gasteiger partial charge in [-0.1, -0.05) is 45.0 Å². The summed E-state index contributed by atoms with van der Waals surface area (Å²) in [7, 11) is 0. The van der Waals surface area contributed by atoms with E-state index in [1.807, 2.05) is 6.92 Å². The van der Waals surface area contributed by atoms with Crippen LogP contribution in [0.2, 0.25) is 0 Å². The molecule has 5 heteroatoms. The molecule has 0 aliphatic rings. The lowest BCUT2D eigenvalue weighted by Gasteiger charge is -2.16. The number of nitrogens with zero attached hydrogens (tertiary/aromatic N) is 2. The number of benzene rings is 1. The molecular formula is C20H25N3OS. The number of nitrogens with one attached hydrogen (secondary N) is 1. The van der Waals surface area contributed by atoms with Gasteiger partial charge in [-0.15, -0.1) is 11.3 Å². The SMILES string of the molecule is CCC(CO)Nc1nc(C)nc2scc(-c3ccc(C(C)C)cc3)c12. The summed E-state index contributed by atoms with van der Waals surface area (Å²) in [5, 5.41) is 16.1. The Morgan fingerprint density at radius 2 is 1.88 bits per heavy atom. The van der Waals surface area contributed by atoms with Crippen molar-refractivity contribution in [2.45, 2.75) is 46.1 Å². The zero-order valence-electron chi connectivity index (χ0n) is 15.2. The van der Waals surface area contributed by atoms with Crippen LogP contribution >= 0.6 is 11.3 Å². The molecule has 0 saturated carbocycles. The van der Waals surface area contributed by atoms with Crippen molar-refractivity contribution in [1.29, 1.82) is 0 Å². The van der Waals surface area contributed by atoms with Crippen LogP contribution < -0.4 is 5.32 Å². The summed E-state index contributed by atoms with van der Waals surface area (Å²) in [6, 6.07) is 8.71. The van der Waals surface area contributed by atoms with E-state index in [0.717, 1.165) is 33.8 Å². The zero-order chi connectivity index (χ0) is 18.0. The molecule has 0 spiro atoms. The largest absolute Gasteiger partial charge is 0.394 e. The maximum atomic E-state index is 9.54. The third-order valence-corrected chi connectivity index (χ3v) is 5.36. The summed E-state index contributed by atoms with van der Waals surface area (Å²) in [6.45, 7) is 8.45. The minimum atomic E-state index is -0.00596. The lowest BCUT2D eigenvalue weighted by Crippen LogP contribution is -2.23. The summed E-state index contributed by atoms with van der Waals surface area (Å²) in [5.41, 5.74) is 3.65. The highest BCUT2D eigenvalue weighted by Crippen LogP contribution is 2.37. The molecule has 1 aromatic carbocycles. The molecule has 132 valence electrons. The summed E-state index contributed by atoms with van der Waals surface area (Å²) in [6.07, 6.45) is 0.837. The highest BCUT2D eigenvalue weighted by Gasteiger charge is 2.16. The fraction of sp³-hybridized carbons (Fsp3) is 0.400. The maximum Gasteiger partial charge on any atom is 0.139 e. The fourth-order valence-corrected chi connectivity index (χ4v) is 3.88. The van der Waals surface area contributed by atoms with Crippen LogP contribution in [0.15, 0.2) is 29.6 Å². The van der Waals surface area contributed by atoms with E-state index >= 15 is 0 Å². The molecule has 0 radical (unpaired) electrons. The first-order chi connectivity index (χ1) is 12.0. The molecule has 2 N–H and O–H groups in total. The van der Waals surface area contributed by atoms with E-state index < -0.39 is 0 Å². The predicted molar refractivity (Wildman–Crippen MR) is 106 cm³/mol. The van der Waals surface area contributed by atoms with E-state index in [2.05, 4.69) is 65.7 Å². The van der Waals surface area contributed by atoms with Gasteiger partial charge in [-0.3, -0.25) is 0 Å².